The lowest BCUT2D eigenvalue weighted by Gasteiger charge is -2.29. The molecule has 30 heavy (non-hydrogen) atoms. The van der Waals surface area contributed by atoms with E-state index in [0.717, 1.165) is 32.1 Å². The normalized spacial score (nSPS) is 14.1. The predicted molar refractivity (Wildman–Crippen MR) is 112 cm³/mol. The van der Waals surface area contributed by atoms with Crippen molar-refractivity contribution < 1.29 is 13.9 Å². The Morgan fingerprint density at radius 3 is 2.73 bits per heavy atom. The fourth-order valence-electron chi connectivity index (χ4n) is 3.79. The van der Waals surface area contributed by atoms with E-state index in [4.69, 9.17) is 10.5 Å². The number of halogens is 1. The molecule has 0 saturated heterocycles. The number of anilines is 2. The summed E-state index contributed by atoms with van der Waals surface area (Å²) in [4.78, 5) is 41.7. The number of nitrogens with zero attached hydrogens (tertiary/aromatic N) is 2. The van der Waals surface area contributed by atoms with Crippen LogP contribution in [0.3, 0.4) is 0 Å². The first kappa shape index (κ1) is 21.6. The average Bonchev–Trinajstić information content (AvgIpc) is 3.23. The van der Waals surface area contributed by atoms with E-state index < -0.39 is 23.0 Å². The van der Waals surface area contributed by atoms with Gasteiger partial charge in [-0.25, -0.2) is 9.18 Å². The minimum Gasteiger partial charge on any atom is -0.484 e. The molecule has 1 aromatic heterocycles. The third-order valence-corrected chi connectivity index (χ3v) is 5.31. The van der Waals surface area contributed by atoms with Gasteiger partial charge in [-0.05, 0) is 31.4 Å². The third-order valence-electron chi connectivity index (χ3n) is 5.31. The molecule has 3 N–H and O–H groups in total. The topological polar surface area (TPSA) is 110 Å². The van der Waals surface area contributed by atoms with Crippen LogP contribution in [-0.4, -0.2) is 28.1 Å². The first-order valence-electron chi connectivity index (χ1n) is 10.3. The summed E-state index contributed by atoms with van der Waals surface area (Å²) in [5.74, 6) is -0.756. The summed E-state index contributed by atoms with van der Waals surface area (Å²) in [6.07, 6.45) is 4.83. The first-order valence-corrected chi connectivity index (χ1v) is 10.3. The molecule has 0 atom stereocenters. The molecule has 0 radical (unpaired) electrons. The molecule has 0 spiro atoms. The Morgan fingerprint density at radius 2 is 2.07 bits per heavy atom. The van der Waals surface area contributed by atoms with Crippen LogP contribution in [0.15, 0.2) is 33.9 Å². The van der Waals surface area contributed by atoms with Gasteiger partial charge in [0, 0.05) is 18.7 Å². The summed E-state index contributed by atoms with van der Waals surface area (Å²) in [7, 11) is 0. The molecule has 1 aliphatic rings. The highest BCUT2D eigenvalue weighted by molar-refractivity contribution is 5.97. The van der Waals surface area contributed by atoms with Gasteiger partial charge in [-0.1, -0.05) is 32.3 Å². The number of H-pyrrole nitrogens is 1. The number of nitrogens with two attached hydrogens (primary N) is 1. The molecule has 0 bridgehead atoms. The van der Waals surface area contributed by atoms with Crippen LogP contribution >= 0.6 is 0 Å². The summed E-state index contributed by atoms with van der Waals surface area (Å²) < 4.78 is 20.1. The van der Waals surface area contributed by atoms with Gasteiger partial charge in [0.15, 0.2) is 12.3 Å². The van der Waals surface area contributed by atoms with Crippen LogP contribution in [0.4, 0.5) is 15.9 Å². The van der Waals surface area contributed by atoms with Crippen molar-refractivity contribution in [1.29, 1.82) is 0 Å². The zero-order chi connectivity index (χ0) is 21.7. The van der Waals surface area contributed by atoms with Gasteiger partial charge in [-0.15, -0.1) is 0 Å². The molecule has 0 unspecified atom stereocenters. The van der Waals surface area contributed by atoms with Gasteiger partial charge in [0.05, 0.1) is 0 Å². The Morgan fingerprint density at radius 1 is 1.33 bits per heavy atom. The predicted octanol–water partition coefficient (Wildman–Crippen LogP) is 2.41. The number of rotatable bonds is 8. The largest absolute Gasteiger partial charge is 0.484 e. The van der Waals surface area contributed by atoms with Crippen molar-refractivity contribution >= 4 is 17.4 Å². The van der Waals surface area contributed by atoms with Crippen LogP contribution in [-0.2, 0) is 11.3 Å². The van der Waals surface area contributed by atoms with E-state index in [-0.39, 0.29) is 29.9 Å². The SMILES string of the molecule is CCCCn1c(N)c(N(C(=O)COc2cccc(F)c2)C2CCCC2)c(=O)[nH]c1=O. The van der Waals surface area contributed by atoms with Gasteiger partial charge in [0.2, 0.25) is 0 Å². The Balaban J connectivity index is 1.95. The molecular weight excluding hydrogens is 391 g/mol. The Bertz CT molecular complexity index is 1010. The van der Waals surface area contributed by atoms with E-state index in [1.807, 2.05) is 6.92 Å². The Hall–Kier alpha value is -3.10. The highest BCUT2D eigenvalue weighted by atomic mass is 19.1. The second-order valence-electron chi connectivity index (χ2n) is 7.45. The molecule has 1 fully saturated rings. The molecule has 0 aliphatic heterocycles. The lowest BCUT2D eigenvalue weighted by molar-refractivity contribution is -0.121. The summed E-state index contributed by atoms with van der Waals surface area (Å²) in [6, 6.07) is 5.27. The van der Waals surface area contributed by atoms with Crippen LogP contribution in [0.25, 0.3) is 0 Å². The van der Waals surface area contributed by atoms with Crippen LogP contribution in [0.2, 0.25) is 0 Å². The number of unbranched alkanes of at least 4 members (excludes halogenated alkanes) is 1. The highest BCUT2D eigenvalue weighted by Gasteiger charge is 2.32. The van der Waals surface area contributed by atoms with Gasteiger partial charge in [-0.2, -0.15) is 0 Å². The van der Waals surface area contributed by atoms with Crippen LogP contribution < -0.4 is 26.6 Å². The van der Waals surface area contributed by atoms with E-state index in [0.29, 0.717) is 13.0 Å². The molecule has 3 rings (SSSR count). The van der Waals surface area contributed by atoms with Gasteiger partial charge in [0.1, 0.15) is 17.4 Å². The van der Waals surface area contributed by atoms with Crippen molar-refractivity contribution in [3.8, 4) is 5.75 Å². The molecule has 162 valence electrons. The van der Waals surface area contributed by atoms with Gasteiger partial charge < -0.3 is 10.5 Å². The lowest BCUT2D eigenvalue weighted by Crippen LogP contribution is -2.47. The van der Waals surface area contributed by atoms with Crippen molar-refractivity contribution in [2.75, 3.05) is 17.2 Å². The van der Waals surface area contributed by atoms with Gasteiger partial charge in [0.25, 0.3) is 11.5 Å². The monoisotopic (exact) mass is 418 g/mol. The fraction of sp³-hybridized carbons (Fsp3) is 0.476. The second kappa shape index (κ2) is 9.60. The maximum Gasteiger partial charge on any atom is 0.330 e. The first-order chi connectivity index (χ1) is 14.4. The van der Waals surface area contributed by atoms with E-state index in [1.54, 1.807) is 6.07 Å². The van der Waals surface area contributed by atoms with Gasteiger partial charge >= 0.3 is 5.69 Å². The zero-order valence-corrected chi connectivity index (χ0v) is 17.0. The number of ether oxygens (including phenoxy) is 1. The molecule has 8 nitrogen and oxygen atoms in total. The number of carbonyl (C=O) groups is 1. The molecule has 2 aromatic rings. The number of nitrogen functional groups attached to an aromatic ring is 1. The summed E-state index contributed by atoms with van der Waals surface area (Å²) >= 11 is 0. The Kier molecular flexibility index (Phi) is 6.91. The van der Waals surface area contributed by atoms with E-state index in [1.165, 1.54) is 27.7 Å². The van der Waals surface area contributed by atoms with E-state index in [9.17, 15) is 18.8 Å². The number of benzene rings is 1. The average molecular weight is 418 g/mol. The number of aromatic nitrogens is 2. The fourth-order valence-corrected chi connectivity index (χ4v) is 3.79. The molecule has 1 amide bonds. The minimum atomic E-state index is -0.698. The quantitative estimate of drug-likeness (QED) is 0.684. The molecule has 1 heterocycles. The number of carbonyl (C=O) groups excluding carboxylic acids is 1. The van der Waals surface area contributed by atoms with E-state index in [2.05, 4.69) is 4.98 Å². The van der Waals surface area contributed by atoms with Crippen LogP contribution in [0, 0.1) is 5.82 Å². The number of hydrogen-bond donors (Lipinski definition) is 2. The molecule has 1 aromatic carbocycles. The third kappa shape index (κ3) is 4.72. The van der Waals surface area contributed by atoms with Crippen molar-refractivity contribution in [2.45, 2.75) is 58.0 Å². The van der Waals surface area contributed by atoms with Crippen molar-refractivity contribution in [3.05, 3.63) is 50.9 Å². The van der Waals surface area contributed by atoms with Crippen molar-refractivity contribution in [1.82, 2.24) is 9.55 Å². The molecule has 9 heteroatoms. The second-order valence-corrected chi connectivity index (χ2v) is 7.45. The Labute approximate surface area is 173 Å². The standard InChI is InChI=1S/C21H27FN4O4/c1-2-3-11-25-19(23)18(20(28)24-21(25)29)26(15-8-4-5-9-15)17(27)13-30-16-10-6-7-14(22)12-16/h6-7,10,12,15H,2-5,8-9,11,13,23H2,1H3,(H,24,28,29). The number of amides is 1. The van der Waals surface area contributed by atoms with Crippen molar-refractivity contribution in [3.63, 3.8) is 0 Å². The summed E-state index contributed by atoms with van der Waals surface area (Å²) in [5.41, 5.74) is 4.90. The smallest absolute Gasteiger partial charge is 0.330 e. The maximum absolute atomic E-state index is 13.4. The van der Waals surface area contributed by atoms with Crippen molar-refractivity contribution in [2.24, 2.45) is 0 Å². The molecular formula is C21H27FN4O4. The highest BCUT2D eigenvalue weighted by Crippen LogP contribution is 2.29. The number of nitrogens with one attached hydrogen (secondary N) is 1. The minimum absolute atomic E-state index is 0.0227. The summed E-state index contributed by atoms with van der Waals surface area (Å²) in [5, 5.41) is 0. The maximum atomic E-state index is 13.4. The lowest BCUT2D eigenvalue weighted by atomic mass is 10.2. The van der Waals surface area contributed by atoms with E-state index >= 15 is 0 Å². The van der Waals surface area contributed by atoms with Crippen LogP contribution in [0.1, 0.15) is 45.4 Å². The molecule has 1 aliphatic carbocycles. The number of hydrogen-bond acceptors (Lipinski definition) is 5. The number of aromatic amines is 1. The summed E-state index contributed by atoms with van der Waals surface area (Å²) in [6.45, 7) is 1.94. The van der Waals surface area contributed by atoms with Crippen LogP contribution in [0.5, 0.6) is 5.75 Å². The zero-order valence-electron chi connectivity index (χ0n) is 17.0. The van der Waals surface area contributed by atoms with Gasteiger partial charge in [-0.3, -0.25) is 24.0 Å². The molecule has 1 saturated carbocycles.